The summed E-state index contributed by atoms with van der Waals surface area (Å²) in [5.41, 5.74) is 1.67. The zero-order chi connectivity index (χ0) is 18.2. The van der Waals surface area contributed by atoms with Crippen molar-refractivity contribution in [1.82, 2.24) is 15.5 Å². The Kier molecular flexibility index (Phi) is 6.91. The fraction of sp³-hybridized carbons (Fsp3) is 0.263. The van der Waals surface area contributed by atoms with Crippen molar-refractivity contribution >= 4 is 29.2 Å². The number of hydrogen-bond acceptors (Lipinski definition) is 4. The standard InChI is InChI=1S/C19H23N3O2S/c1-14-7-4-5-9-16(14)18(23)21-17(13-15-8-6-12-25-15)19(24)20-10-11-22(2)3/h4-9,12-13H,10-11H2,1-3H3,(H,20,24)(H,21,23)/b17-13-. The molecule has 0 bridgehead atoms. The van der Waals surface area contributed by atoms with E-state index in [1.54, 1.807) is 12.1 Å². The Labute approximate surface area is 152 Å². The number of hydrogen-bond donors (Lipinski definition) is 2. The van der Waals surface area contributed by atoms with Crippen LogP contribution in [-0.4, -0.2) is 43.9 Å². The molecule has 0 saturated carbocycles. The van der Waals surface area contributed by atoms with Crippen molar-refractivity contribution in [2.75, 3.05) is 27.2 Å². The molecular formula is C19H23N3O2S. The number of nitrogens with one attached hydrogen (secondary N) is 2. The fourth-order valence-corrected chi connectivity index (χ4v) is 2.84. The predicted octanol–water partition coefficient (Wildman–Crippen LogP) is 2.51. The van der Waals surface area contributed by atoms with Gasteiger partial charge in [-0.2, -0.15) is 0 Å². The van der Waals surface area contributed by atoms with Gasteiger partial charge in [0, 0.05) is 23.5 Å². The second-order valence-corrected chi connectivity index (χ2v) is 6.88. The quantitative estimate of drug-likeness (QED) is 0.749. The highest BCUT2D eigenvalue weighted by Gasteiger charge is 2.15. The number of amides is 2. The topological polar surface area (TPSA) is 61.4 Å². The highest BCUT2D eigenvalue weighted by atomic mass is 32.1. The molecule has 1 aromatic carbocycles. The van der Waals surface area contributed by atoms with Gasteiger partial charge in [-0.05, 0) is 50.2 Å². The van der Waals surface area contributed by atoms with Gasteiger partial charge in [-0.25, -0.2) is 0 Å². The summed E-state index contributed by atoms with van der Waals surface area (Å²) in [6.07, 6.45) is 1.70. The molecule has 0 fully saturated rings. The molecule has 0 radical (unpaired) electrons. The van der Waals surface area contributed by atoms with Crippen molar-refractivity contribution in [3.8, 4) is 0 Å². The maximum absolute atomic E-state index is 12.6. The molecule has 2 N–H and O–H groups in total. The summed E-state index contributed by atoms with van der Waals surface area (Å²) < 4.78 is 0. The summed E-state index contributed by atoms with van der Waals surface area (Å²) in [5, 5.41) is 7.52. The van der Waals surface area contributed by atoms with Gasteiger partial charge >= 0.3 is 0 Å². The maximum atomic E-state index is 12.6. The van der Waals surface area contributed by atoms with Crippen molar-refractivity contribution in [2.24, 2.45) is 0 Å². The van der Waals surface area contributed by atoms with Crippen molar-refractivity contribution in [3.63, 3.8) is 0 Å². The molecule has 0 aliphatic carbocycles. The van der Waals surface area contributed by atoms with Gasteiger partial charge in [0.25, 0.3) is 11.8 Å². The monoisotopic (exact) mass is 357 g/mol. The van der Waals surface area contributed by atoms with Gasteiger partial charge in [-0.15, -0.1) is 11.3 Å². The molecule has 0 spiro atoms. The van der Waals surface area contributed by atoms with Crippen LogP contribution in [0.1, 0.15) is 20.8 Å². The van der Waals surface area contributed by atoms with E-state index in [2.05, 4.69) is 10.6 Å². The molecular weight excluding hydrogens is 334 g/mol. The van der Waals surface area contributed by atoms with Crippen LogP contribution in [-0.2, 0) is 4.79 Å². The normalized spacial score (nSPS) is 11.4. The van der Waals surface area contributed by atoms with Crippen molar-refractivity contribution in [3.05, 3.63) is 63.5 Å². The van der Waals surface area contributed by atoms with Crippen LogP contribution in [0.5, 0.6) is 0 Å². The SMILES string of the molecule is Cc1ccccc1C(=O)N/C(=C\c1cccs1)C(=O)NCCN(C)C. The first-order valence-electron chi connectivity index (χ1n) is 8.02. The Morgan fingerprint density at radius 2 is 1.92 bits per heavy atom. The highest BCUT2D eigenvalue weighted by molar-refractivity contribution is 7.10. The minimum Gasteiger partial charge on any atom is -0.349 e. The van der Waals surface area contributed by atoms with E-state index in [0.717, 1.165) is 17.0 Å². The van der Waals surface area contributed by atoms with Gasteiger partial charge in [0.2, 0.25) is 0 Å². The van der Waals surface area contributed by atoms with Gasteiger partial charge in [0.1, 0.15) is 5.70 Å². The molecule has 132 valence electrons. The largest absolute Gasteiger partial charge is 0.349 e. The second-order valence-electron chi connectivity index (χ2n) is 5.90. The zero-order valence-corrected chi connectivity index (χ0v) is 15.5. The number of benzene rings is 1. The molecule has 2 aromatic rings. The molecule has 25 heavy (non-hydrogen) atoms. The third-order valence-corrected chi connectivity index (χ3v) is 4.38. The minimum atomic E-state index is -0.294. The summed E-state index contributed by atoms with van der Waals surface area (Å²) in [6.45, 7) is 3.10. The third kappa shape index (κ3) is 5.85. The number of nitrogens with zero attached hydrogens (tertiary/aromatic N) is 1. The summed E-state index contributed by atoms with van der Waals surface area (Å²) in [5.74, 6) is -0.583. The first-order valence-corrected chi connectivity index (χ1v) is 8.90. The maximum Gasteiger partial charge on any atom is 0.267 e. The van der Waals surface area contributed by atoms with Crippen LogP contribution in [0.15, 0.2) is 47.5 Å². The van der Waals surface area contributed by atoms with Gasteiger partial charge in [0.15, 0.2) is 0 Å². The molecule has 0 unspecified atom stereocenters. The van der Waals surface area contributed by atoms with Crippen LogP contribution in [0.4, 0.5) is 0 Å². The van der Waals surface area contributed by atoms with E-state index in [9.17, 15) is 9.59 Å². The smallest absolute Gasteiger partial charge is 0.267 e. The Balaban J connectivity index is 2.16. The van der Waals surface area contributed by atoms with Crippen LogP contribution in [0.2, 0.25) is 0 Å². The lowest BCUT2D eigenvalue weighted by molar-refractivity contribution is -0.117. The number of rotatable bonds is 7. The highest BCUT2D eigenvalue weighted by Crippen LogP contribution is 2.14. The van der Waals surface area contributed by atoms with E-state index in [1.807, 2.05) is 61.6 Å². The number of carbonyl (C=O) groups is 2. The number of thiophene rings is 1. The minimum absolute atomic E-state index is 0.245. The lowest BCUT2D eigenvalue weighted by Gasteiger charge is -2.13. The van der Waals surface area contributed by atoms with Crippen LogP contribution in [0.25, 0.3) is 6.08 Å². The molecule has 5 nitrogen and oxygen atoms in total. The Bertz CT molecular complexity index is 752. The van der Waals surface area contributed by atoms with Gasteiger partial charge < -0.3 is 15.5 Å². The second kappa shape index (κ2) is 9.15. The van der Waals surface area contributed by atoms with Crippen LogP contribution in [0.3, 0.4) is 0 Å². The van der Waals surface area contributed by atoms with Gasteiger partial charge in [-0.3, -0.25) is 9.59 Å². The molecule has 0 aliphatic rings. The molecule has 6 heteroatoms. The first-order chi connectivity index (χ1) is 12.0. The van der Waals surface area contributed by atoms with Crippen LogP contribution >= 0.6 is 11.3 Å². The number of carbonyl (C=O) groups excluding carboxylic acids is 2. The molecule has 0 atom stereocenters. The molecule has 0 aliphatic heterocycles. The first kappa shape index (κ1) is 18.9. The number of aryl methyl sites for hydroxylation is 1. The molecule has 1 heterocycles. The third-order valence-electron chi connectivity index (χ3n) is 3.56. The average Bonchev–Trinajstić information content (AvgIpc) is 3.07. The lowest BCUT2D eigenvalue weighted by Crippen LogP contribution is -2.37. The lowest BCUT2D eigenvalue weighted by atomic mass is 10.1. The predicted molar refractivity (Wildman–Crippen MR) is 103 cm³/mol. The van der Waals surface area contributed by atoms with Crippen molar-refractivity contribution in [2.45, 2.75) is 6.92 Å². The summed E-state index contributed by atoms with van der Waals surface area (Å²) in [7, 11) is 3.88. The zero-order valence-electron chi connectivity index (χ0n) is 14.7. The Morgan fingerprint density at radius 3 is 2.56 bits per heavy atom. The molecule has 2 rings (SSSR count). The van der Waals surface area contributed by atoms with E-state index in [-0.39, 0.29) is 17.5 Å². The van der Waals surface area contributed by atoms with Crippen molar-refractivity contribution < 1.29 is 9.59 Å². The fourth-order valence-electron chi connectivity index (χ4n) is 2.18. The molecule has 0 saturated heterocycles. The van der Waals surface area contributed by atoms with E-state index in [4.69, 9.17) is 0 Å². The molecule has 1 aromatic heterocycles. The van der Waals surface area contributed by atoms with Crippen molar-refractivity contribution in [1.29, 1.82) is 0 Å². The van der Waals surface area contributed by atoms with E-state index < -0.39 is 0 Å². The van der Waals surface area contributed by atoms with E-state index >= 15 is 0 Å². The average molecular weight is 357 g/mol. The van der Waals surface area contributed by atoms with Crippen LogP contribution in [0, 0.1) is 6.92 Å². The Hall–Kier alpha value is -2.44. The Morgan fingerprint density at radius 1 is 1.16 bits per heavy atom. The van der Waals surface area contributed by atoms with E-state index in [0.29, 0.717) is 12.1 Å². The van der Waals surface area contributed by atoms with Gasteiger partial charge in [0.05, 0.1) is 0 Å². The summed E-state index contributed by atoms with van der Waals surface area (Å²) in [4.78, 5) is 27.9. The summed E-state index contributed by atoms with van der Waals surface area (Å²) >= 11 is 1.51. The molecule has 2 amide bonds. The van der Waals surface area contributed by atoms with E-state index in [1.165, 1.54) is 11.3 Å². The number of likely N-dealkylation sites (N-methyl/N-ethyl adjacent to an activating group) is 1. The van der Waals surface area contributed by atoms with Crippen LogP contribution < -0.4 is 10.6 Å². The summed E-state index contributed by atoms with van der Waals surface area (Å²) in [6, 6.07) is 11.1. The van der Waals surface area contributed by atoms with Gasteiger partial charge in [-0.1, -0.05) is 24.3 Å².